The van der Waals surface area contributed by atoms with Gasteiger partial charge in [0.15, 0.2) is 0 Å². The molecule has 3 aromatic carbocycles. The number of fused-ring (bicyclic) bond motifs is 1. The van der Waals surface area contributed by atoms with Gasteiger partial charge in [-0.2, -0.15) is 0 Å². The van der Waals surface area contributed by atoms with E-state index in [4.69, 9.17) is 9.47 Å². The molecule has 3 aromatic rings. The lowest BCUT2D eigenvalue weighted by Crippen LogP contribution is -2.25. The first-order valence-corrected chi connectivity index (χ1v) is 14.2. The zero-order valence-electron chi connectivity index (χ0n) is 22.0. The maximum Gasteiger partial charge on any atom is 0.126 e. The molecular formula is C33H41NO3. The first kappa shape index (κ1) is 25.7. The van der Waals surface area contributed by atoms with Crippen LogP contribution in [0, 0.1) is 0 Å². The molecule has 1 fully saturated rings. The number of hydrogen-bond donors (Lipinski definition) is 1. The quantitative estimate of drug-likeness (QED) is 0.262. The number of aromatic hydroxyl groups is 1. The minimum absolute atomic E-state index is 0.159. The lowest BCUT2D eigenvalue weighted by atomic mass is 9.76. The Kier molecular flexibility index (Phi) is 9.02. The molecule has 196 valence electrons. The molecule has 0 bridgehead atoms. The van der Waals surface area contributed by atoms with Gasteiger partial charge in [0.05, 0.1) is 13.2 Å². The number of phenolic OH excluding ortho intramolecular Hbond substituents is 1. The van der Waals surface area contributed by atoms with Crippen LogP contribution in [0.4, 0.5) is 0 Å². The largest absolute Gasteiger partial charge is 0.508 e. The van der Waals surface area contributed by atoms with Gasteiger partial charge in [-0.15, -0.1) is 0 Å². The molecular weight excluding hydrogens is 458 g/mol. The second-order valence-electron chi connectivity index (χ2n) is 10.6. The van der Waals surface area contributed by atoms with E-state index in [2.05, 4.69) is 59.5 Å². The summed E-state index contributed by atoms with van der Waals surface area (Å²) in [6.07, 6.45) is 10.5. The van der Waals surface area contributed by atoms with Crippen LogP contribution < -0.4 is 9.47 Å². The number of unbranched alkanes of at least 4 members (excludes halogenated alkanes) is 5. The Bertz CT molecular complexity index is 1090. The molecule has 4 heteroatoms. The van der Waals surface area contributed by atoms with Crippen molar-refractivity contribution in [1.82, 2.24) is 4.90 Å². The molecule has 1 N–H and O–H groups in total. The van der Waals surface area contributed by atoms with Gasteiger partial charge in [-0.05, 0) is 74.6 Å². The van der Waals surface area contributed by atoms with Gasteiger partial charge in [0.2, 0.25) is 0 Å². The normalized spacial score (nSPS) is 19.4. The Morgan fingerprint density at radius 1 is 0.784 bits per heavy atom. The number of benzene rings is 3. The highest BCUT2D eigenvalue weighted by atomic mass is 16.5. The Labute approximate surface area is 222 Å². The third kappa shape index (κ3) is 6.87. The van der Waals surface area contributed by atoms with Crippen LogP contribution in [0.2, 0.25) is 0 Å². The van der Waals surface area contributed by atoms with E-state index in [0.29, 0.717) is 6.61 Å². The molecule has 2 aliphatic heterocycles. The van der Waals surface area contributed by atoms with E-state index >= 15 is 0 Å². The minimum Gasteiger partial charge on any atom is -0.508 e. The van der Waals surface area contributed by atoms with Crippen LogP contribution >= 0.6 is 0 Å². The van der Waals surface area contributed by atoms with Crippen molar-refractivity contribution in [2.75, 3.05) is 32.8 Å². The summed E-state index contributed by atoms with van der Waals surface area (Å²) in [6, 6.07) is 24.7. The van der Waals surface area contributed by atoms with Crippen molar-refractivity contribution in [1.29, 1.82) is 0 Å². The maximum atomic E-state index is 9.98. The Balaban J connectivity index is 1.12. The Morgan fingerprint density at radius 2 is 1.51 bits per heavy atom. The van der Waals surface area contributed by atoms with Gasteiger partial charge in [-0.3, -0.25) is 0 Å². The molecule has 37 heavy (non-hydrogen) atoms. The van der Waals surface area contributed by atoms with Crippen molar-refractivity contribution in [2.24, 2.45) is 0 Å². The Morgan fingerprint density at radius 3 is 2.30 bits per heavy atom. The Hall–Kier alpha value is -2.98. The number of likely N-dealkylation sites (tertiary alicyclic amines) is 1. The topological polar surface area (TPSA) is 41.9 Å². The molecule has 0 amide bonds. The van der Waals surface area contributed by atoms with Gasteiger partial charge >= 0.3 is 0 Å². The number of nitrogens with zero attached hydrogens (tertiary/aromatic N) is 1. The van der Waals surface area contributed by atoms with Gasteiger partial charge in [-0.25, -0.2) is 0 Å². The molecule has 2 atom stereocenters. The molecule has 0 spiro atoms. The van der Waals surface area contributed by atoms with Crippen molar-refractivity contribution in [3.63, 3.8) is 0 Å². The van der Waals surface area contributed by atoms with Crippen molar-refractivity contribution >= 4 is 0 Å². The molecule has 0 unspecified atom stereocenters. The number of rotatable bonds is 12. The van der Waals surface area contributed by atoms with Crippen LogP contribution in [0.5, 0.6) is 17.2 Å². The summed E-state index contributed by atoms with van der Waals surface area (Å²) in [5.74, 6) is 2.31. The van der Waals surface area contributed by atoms with Gasteiger partial charge in [-0.1, -0.05) is 74.2 Å². The lowest BCUT2D eigenvalue weighted by molar-refractivity contribution is 0.247. The first-order chi connectivity index (χ1) is 18.3. The predicted molar refractivity (Wildman–Crippen MR) is 150 cm³/mol. The zero-order valence-corrected chi connectivity index (χ0v) is 22.0. The summed E-state index contributed by atoms with van der Waals surface area (Å²) in [4.78, 5) is 2.62. The van der Waals surface area contributed by atoms with Gasteiger partial charge in [0.25, 0.3) is 0 Å². The van der Waals surface area contributed by atoms with E-state index in [1.165, 1.54) is 75.7 Å². The average Bonchev–Trinajstić information content (AvgIpc) is 3.46. The van der Waals surface area contributed by atoms with Crippen LogP contribution in [0.15, 0.2) is 72.8 Å². The second-order valence-corrected chi connectivity index (χ2v) is 10.6. The fourth-order valence-corrected chi connectivity index (χ4v) is 5.91. The SMILES string of the molecule is Oc1ccc2c(c1)OC[C@@H](c1ccccc1)[C@H]2c1ccc(OCCCCCCCCN2CCCC2)cc1. The average molecular weight is 500 g/mol. The monoisotopic (exact) mass is 499 g/mol. The van der Waals surface area contributed by atoms with Gasteiger partial charge in [0, 0.05) is 23.5 Å². The first-order valence-electron chi connectivity index (χ1n) is 14.2. The molecule has 0 aliphatic carbocycles. The fourth-order valence-electron chi connectivity index (χ4n) is 5.91. The molecule has 5 rings (SSSR count). The summed E-state index contributed by atoms with van der Waals surface area (Å²) in [6.45, 7) is 5.30. The number of hydrogen-bond acceptors (Lipinski definition) is 4. The van der Waals surface area contributed by atoms with Crippen molar-refractivity contribution in [3.05, 3.63) is 89.5 Å². The molecule has 4 nitrogen and oxygen atoms in total. The summed E-state index contributed by atoms with van der Waals surface area (Å²) < 4.78 is 12.2. The van der Waals surface area contributed by atoms with Crippen LogP contribution in [0.1, 0.15) is 79.9 Å². The highest BCUT2D eigenvalue weighted by Gasteiger charge is 2.33. The maximum absolute atomic E-state index is 9.98. The number of ether oxygens (including phenoxy) is 2. The zero-order chi connectivity index (χ0) is 25.3. The minimum atomic E-state index is 0.159. The molecule has 0 radical (unpaired) electrons. The smallest absolute Gasteiger partial charge is 0.126 e. The van der Waals surface area contributed by atoms with Crippen LogP contribution in [0.3, 0.4) is 0 Å². The lowest BCUT2D eigenvalue weighted by Gasteiger charge is -2.34. The highest BCUT2D eigenvalue weighted by Crippen LogP contribution is 2.47. The second kappa shape index (κ2) is 13.0. The molecule has 0 saturated carbocycles. The predicted octanol–water partition coefficient (Wildman–Crippen LogP) is 7.52. The number of phenols is 1. The van der Waals surface area contributed by atoms with Crippen LogP contribution in [0.25, 0.3) is 0 Å². The van der Waals surface area contributed by atoms with Crippen LogP contribution in [-0.4, -0.2) is 42.9 Å². The van der Waals surface area contributed by atoms with E-state index in [1.807, 2.05) is 6.07 Å². The summed E-state index contributed by atoms with van der Waals surface area (Å²) in [7, 11) is 0. The highest BCUT2D eigenvalue weighted by molar-refractivity contribution is 5.50. The summed E-state index contributed by atoms with van der Waals surface area (Å²) in [5.41, 5.74) is 3.62. The third-order valence-corrected chi connectivity index (χ3v) is 7.96. The van der Waals surface area contributed by atoms with E-state index in [9.17, 15) is 5.11 Å². The van der Waals surface area contributed by atoms with E-state index in [1.54, 1.807) is 12.1 Å². The standard InChI is InChI=1S/C33H41NO3/c35-28-16-19-30-32(24-28)37-25-31(26-12-6-5-7-13-26)33(30)27-14-17-29(18-15-27)36-23-11-4-2-1-3-8-20-34-21-9-10-22-34/h5-7,12-19,24,31,33,35H,1-4,8-11,20-23,25H2/t31-,33-/m0/s1. The van der Waals surface area contributed by atoms with Crippen molar-refractivity contribution in [2.45, 2.75) is 63.2 Å². The van der Waals surface area contributed by atoms with E-state index in [-0.39, 0.29) is 17.6 Å². The van der Waals surface area contributed by atoms with E-state index < -0.39 is 0 Å². The molecule has 2 heterocycles. The van der Waals surface area contributed by atoms with Gasteiger partial charge < -0.3 is 19.5 Å². The molecule has 1 saturated heterocycles. The van der Waals surface area contributed by atoms with E-state index in [0.717, 1.165) is 30.1 Å². The third-order valence-electron chi connectivity index (χ3n) is 7.96. The van der Waals surface area contributed by atoms with Crippen molar-refractivity contribution < 1.29 is 14.6 Å². The van der Waals surface area contributed by atoms with Crippen LogP contribution in [-0.2, 0) is 0 Å². The summed E-state index contributed by atoms with van der Waals surface area (Å²) >= 11 is 0. The van der Waals surface area contributed by atoms with Gasteiger partial charge in [0.1, 0.15) is 17.2 Å². The fraction of sp³-hybridized carbons (Fsp3) is 0.455. The van der Waals surface area contributed by atoms with Crippen molar-refractivity contribution in [3.8, 4) is 17.2 Å². The molecule has 2 aliphatic rings. The molecule has 0 aromatic heterocycles. The summed E-state index contributed by atoms with van der Waals surface area (Å²) in [5, 5.41) is 9.98.